The number of carbonyl (C=O) groups is 1. The highest BCUT2D eigenvalue weighted by molar-refractivity contribution is 5.89. The Kier molecular flexibility index (Phi) is 8.33. The Bertz CT molecular complexity index is 809. The summed E-state index contributed by atoms with van der Waals surface area (Å²) in [5.41, 5.74) is 0.532. The van der Waals surface area contributed by atoms with Gasteiger partial charge in [0.2, 0.25) is 0 Å². The van der Waals surface area contributed by atoms with Crippen molar-refractivity contribution < 1.29 is 22.7 Å². The first-order valence-corrected chi connectivity index (χ1v) is 9.87. The standard InChI is InChI=1S/C23H26F3NO2.ClH/c1-27(2)21(16-8-4-3-5-9-16)19-10-6-7-11-20(19)29-22(28)17-12-14-18(15-13-17)23(24,25)26;/h3-5,8-9,12-15,19-21H,6-7,10-11H2,1-2H3;1H. The number of nitrogens with zero attached hydrogens (tertiary/aromatic N) is 1. The van der Waals surface area contributed by atoms with Gasteiger partial charge in [-0.25, -0.2) is 4.79 Å². The number of benzene rings is 2. The maximum atomic E-state index is 12.7. The molecule has 1 aliphatic rings. The van der Waals surface area contributed by atoms with Gasteiger partial charge in [-0.3, -0.25) is 0 Å². The molecule has 1 saturated carbocycles. The van der Waals surface area contributed by atoms with E-state index in [0.29, 0.717) is 0 Å². The molecule has 3 atom stereocenters. The van der Waals surface area contributed by atoms with E-state index in [2.05, 4.69) is 17.0 Å². The molecule has 0 heterocycles. The average Bonchev–Trinajstić information content (AvgIpc) is 2.69. The maximum absolute atomic E-state index is 12.7. The first-order valence-electron chi connectivity index (χ1n) is 9.87. The summed E-state index contributed by atoms with van der Waals surface area (Å²) in [6.45, 7) is 0. The van der Waals surface area contributed by atoms with Gasteiger partial charge in [-0.1, -0.05) is 36.8 Å². The topological polar surface area (TPSA) is 29.5 Å². The third kappa shape index (κ3) is 5.76. The van der Waals surface area contributed by atoms with Crippen LogP contribution in [0.15, 0.2) is 54.6 Å². The van der Waals surface area contributed by atoms with E-state index in [-0.39, 0.29) is 36.0 Å². The Morgan fingerprint density at radius 3 is 2.17 bits per heavy atom. The monoisotopic (exact) mass is 441 g/mol. The molecule has 0 bridgehead atoms. The quantitative estimate of drug-likeness (QED) is 0.521. The summed E-state index contributed by atoms with van der Waals surface area (Å²) < 4.78 is 44.1. The minimum atomic E-state index is -4.43. The number of alkyl halides is 3. The van der Waals surface area contributed by atoms with Crippen molar-refractivity contribution in [3.63, 3.8) is 0 Å². The van der Waals surface area contributed by atoms with Crippen LogP contribution in [0.25, 0.3) is 0 Å². The summed E-state index contributed by atoms with van der Waals surface area (Å²) in [4.78, 5) is 14.8. The molecular weight excluding hydrogens is 415 g/mol. The van der Waals surface area contributed by atoms with Gasteiger partial charge < -0.3 is 9.64 Å². The van der Waals surface area contributed by atoms with Crippen molar-refractivity contribution in [1.82, 2.24) is 4.90 Å². The SMILES string of the molecule is CN(C)C(c1ccccc1)C1CCCCC1OC(=O)c1ccc(C(F)(F)F)cc1.Cl. The number of esters is 1. The van der Waals surface area contributed by atoms with E-state index >= 15 is 0 Å². The van der Waals surface area contributed by atoms with Crippen LogP contribution in [0.2, 0.25) is 0 Å². The molecule has 0 spiro atoms. The van der Waals surface area contributed by atoms with Crippen molar-refractivity contribution in [2.75, 3.05) is 14.1 Å². The number of hydrogen-bond donors (Lipinski definition) is 0. The summed E-state index contributed by atoms with van der Waals surface area (Å²) in [5.74, 6) is -0.444. The second-order valence-electron chi connectivity index (χ2n) is 7.79. The van der Waals surface area contributed by atoms with Crippen molar-refractivity contribution in [2.24, 2.45) is 5.92 Å². The molecule has 1 fully saturated rings. The van der Waals surface area contributed by atoms with Crippen molar-refractivity contribution in [3.8, 4) is 0 Å². The Balaban J connectivity index is 0.00000320. The van der Waals surface area contributed by atoms with Crippen LogP contribution in [0.3, 0.4) is 0 Å². The van der Waals surface area contributed by atoms with Gasteiger partial charge in [0.25, 0.3) is 0 Å². The highest BCUT2D eigenvalue weighted by atomic mass is 35.5. The van der Waals surface area contributed by atoms with Gasteiger partial charge in [0, 0.05) is 12.0 Å². The van der Waals surface area contributed by atoms with E-state index in [1.807, 2.05) is 32.3 Å². The molecule has 0 radical (unpaired) electrons. The van der Waals surface area contributed by atoms with Crippen LogP contribution >= 0.6 is 12.4 Å². The number of ether oxygens (including phenoxy) is 1. The molecule has 2 aromatic carbocycles. The van der Waals surface area contributed by atoms with Crippen LogP contribution in [0.4, 0.5) is 13.2 Å². The van der Waals surface area contributed by atoms with Crippen molar-refractivity contribution in [2.45, 2.75) is 44.0 Å². The molecular formula is C23H27ClF3NO2. The van der Waals surface area contributed by atoms with Crippen LogP contribution in [0, 0.1) is 5.92 Å². The minimum absolute atomic E-state index is 0. The van der Waals surface area contributed by atoms with E-state index in [4.69, 9.17) is 4.74 Å². The lowest BCUT2D eigenvalue weighted by atomic mass is 9.78. The zero-order chi connectivity index (χ0) is 21.0. The second-order valence-corrected chi connectivity index (χ2v) is 7.79. The van der Waals surface area contributed by atoms with E-state index in [9.17, 15) is 18.0 Å². The molecule has 164 valence electrons. The average molecular weight is 442 g/mol. The highest BCUT2D eigenvalue weighted by Crippen LogP contribution is 2.39. The second kappa shape index (κ2) is 10.3. The molecule has 0 aliphatic heterocycles. The molecule has 1 aliphatic carbocycles. The van der Waals surface area contributed by atoms with Crippen molar-refractivity contribution >= 4 is 18.4 Å². The normalized spacial score (nSPS) is 20.3. The van der Waals surface area contributed by atoms with Crippen LogP contribution < -0.4 is 0 Å². The first kappa shape index (κ1) is 24.2. The smallest absolute Gasteiger partial charge is 0.416 e. The van der Waals surface area contributed by atoms with Gasteiger partial charge in [0.1, 0.15) is 6.10 Å². The van der Waals surface area contributed by atoms with Gasteiger partial charge >= 0.3 is 12.1 Å². The van der Waals surface area contributed by atoms with Crippen LogP contribution in [0.5, 0.6) is 0 Å². The third-order valence-electron chi connectivity index (χ3n) is 5.56. The van der Waals surface area contributed by atoms with Crippen LogP contribution in [-0.4, -0.2) is 31.1 Å². The van der Waals surface area contributed by atoms with Gasteiger partial charge in [0.05, 0.1) is 11.1 Å². The van der Waals surface area contributed by atoms with Gasteiger partial charge in [-0.15, -0.1) is 12.4 Å². The van der Waals surface area contributed by atoms with E-state index in [0.717, 1.165) is 37.8 Å². The Hall–Kier alpha value is -2.05. The van der Waals surface area contributed by atoms with Gasteiger partial charge in [-0.2, -0.15) is 13.2 Å². The number of rotatable bonds is 5. The fourth-order valence-electron chi connectivity index (χ4n) is 4.21. The summed E-state index contributed by atoms with van der Waals surface area (Å²) in [7, 11) is 4.03. The fraction of sp³-hybridized carbons (Fsp3) is 0.435. The molecule has 0 N–H and O–H groups in total. The molecule has 0 amide bonds. The Morgan fingerprint density at radius 2 is 1.60 bits per heavy atom. The van der Waals surface area contributed by atoms with Crippen molar-refractivity contribution in [1.29, 1.82) is 0 Å². The number of carbonyl (C=O) groups excluding carboxylic acids is 1. The number of hydrogen-bond acceptors (Lipinski definition) is 3. The summed E-state index contributed by atoms with van der Waals surface area (Å²) in [6.07, 6.45) is -0.971. The lowest BCUT2D eigenvalue weighted by molar-refractivity contribution is -0.137. The summed E-state index contributed by atoms with van der Waals surface area (Å²) >= 11 is 0. The number of halogens is 4. The molecule has 7 heteroatoms. The summed E-state index contributed by atoms with van der Waals surface area (Å²) in [6, 6.07) is 14.4. The van der Waals surface area contributed by atoms with Crippen molar-refractivity contribution in [3.05, 3.63) is 71.3 Å². The van der Waals surface area contributed by atoms with E-state index in [1.165, 1.54) is 17.7 Å². The third-order valence-corrected chi connectivity index (χ3v) is 5.56. The zero-order valence-corrected chi connectivity index (χ0v) is 17.9. The summed E-state index contributed by atoms with van der Waals surface area (Å²) in [5, 5.41) is 0. The molecule has 3 unspecified atom stereocenters. The molecule has 3 nitrogen and oxygen atoms in total. The Labute approximate surface area is 181 Å². The molecule has 0 aromatic heterocycles. The maximum Gasteiger partial charge on any atom is 0.416 e. The Morgan fingerprint density at radius 1 is 1.00 bits per heavy atom. The predicted molar refractivity (Wildman–Crippen MR) is 113 cm³/mol. The first-order chi connectivity index (χ1) is 13.8. The largest absolute Gasteiger partial charge is 0.458 e. The highest BCUT2D eigenvalue weighted by Gasteiger charge is 2.36. The van der Waals surface area contributed by atoms with E-state index in [1.54, 1.807) is 0 Å². The van der Waals surface area contributed by atoms with E-state index < -0.39 is 17.7 Å². The van der Waals surface area contributed by atoms with Gasteiger partial charge in [-0.05, 0) is 63.2 Å². The minimum Gasteiger partial charge on any atom is -0.458 e. The molecule has 0 saturated heterocycles. The fourth-order valence-corrected chi connectivity index (χ4v) is 4.21. The molecule has 3 rings (SSSR count). The predicted octanol–water partition coefficient (Wildman–Crippen LogP) is 6.15. The lowest BCUT2D eigenvalue weighted by Gasteiger charge is -2.40. The zero-order valence-electron chi connectivity index (χ0n) is 17.1. The molecule has 30 heavy (non-hydrogen) atoms. The van der Waals surface area contributed by atoms with Gasteiger partial charge in [0.15, 0.2) is 0 Å². The van der Waals surface area contributed by atoms with Crippen LogP contribution in [-0.2, 0) is 10.9 Å². The molecule has 2 aromatic rings. The van der Waals surface area contributed by atoms with Crippen LogP contribution in [0.1, 0.15) is 53.2 Å². The lowest BCUT2D eigenvalue weighted by Crippen LogP contribution is -2.39.